The average Bonchev–Trinajstić information content (AvgIpc) is 2.25. The zero-order valence-corrected chi connectivity index (χ0v) is 9.18. The Balaban J connectivity index is 3.55. The fraction of sp³-hybridized carbons (Fsp3) is 0.111. The Morgan fingerprint density at radius 3 is 2.88 bits per heavy atom. The van der Waals surface area contributed by atoms with E-state index in [1.165, 1.54) is 19.3 Å². The molecule has 0 spiro atoms. The van der Waals surface area contributed by atoms with Crippen molar-refractivity contribution in [2.45, 2.75) is 0 Å². The van der Waals surface area contributed by atoms with Gasteiger partial charge in [-0.3, -0.25) is 9.36 Å². The van der Waals surface area contributed by atoms with Gasteiger partial charge in [0.25, 0.3) is 5.56 Å². The highest BCUT2D eigenvalue weighted by molar-refractivity contribution is 6.30. The molecule has 86 valence electrons. The number of pyridine rings is 1. The highest BCUT2D eigenvalue weighted by Crippen LogP contribution is 2.13. The lowest BCUT2D eigenvalue weighted by Crippen LogP contribution is -2.24. The molecule has 4 N–H and O–H groups in total. The average molecular weight is 245 g/mol. The molecule has 0 saturated carbocycles. The molecule has 16 heavy (non-hydrogen) atoms. The van der Waals surface area contributed by atoms with Crippen LogP contribution in [-0.4, -0.2) is 17.8 Å². The van der Waals surface area contributed by atoms with E-state index < -0.39 is 11.5 Å². The first kappa shape index (κ1) is 12.3. The molecule has 0 aliphatic heterocycles. The third-order valence-electron chi connectivity index (χ3n) is 1.85. The first-order chi connectivity index (χ1) is 7.51. The summed E-state index contributed by atoms with van der Waals surface area (Å²) in [6.07, 6.45) is 1.89. The molecule has 0 aliphatic carbocycles. The SMILES string of the molecule is CN/C(F)=C(\C=N)n1cc(Cl)cc(N)c1=O. The third-order valence-corrected chi connectivity index (χ3v) is 2.06. The van der Waals surface area contributed by atoms with Gasteiger partial charge in [0.05, 0.1) is 10.7 Å². The molecule has 0 atom stereocenters. The van der Waals surface area contributed by atoms with E-state index in [4.69, 9.17) is 22.7 Å². The van der Waals surface area contributed by atoms with Crippen LogP contribution in [0.5, 0.6) is 0 Å². The molecule has 1 aromatic heterocycles. The van der Waals surface area contributed by atoms with Crippen LogP contribution in [0, 0.1) is 5.41 Å². The number of hydrogen-bond donors (Lipinski definition) is 3. The van der Waals surface area contributed by atoms with Gasteiger partial charge in [0.15, 0.2) is 0 Å². The Kier molecular flexibility index (Phi) is 3.68. The summed E-state index contributed by atoms with van der Waals surface area (Å²) in [5.74, 6) is -0.821. The quantitative estimate of drug-likeness (QED) is 0.549. The molecule has 1 heterocycles. The molecule has 1 rings (SSSR count). The minimum Gasteiger partial charge on any atom is -0.394 e. The van der Waals surface area contributed by atoms with Gasteiger partial charge in [0.1, 0.15) is 5.70 Å². The largest absolute Gasteiger partial charge is 0.394 e. The lowest BCUT2D eigenvalue weighted by Gasteiger charge is -2.08. The van der Waals surface area contributed by atoms with Crippen LogP contribution in [0.4, 0.5) is 10.1 Å². The molecule has 0 fully saturated rings. The van der Waals surface area contributed by atoms with Gasteiger partial charge < -0.3 is 16.5 Å². The first-order valence-corrected chi connectivity index (χ1v) is 4.65. The Hall–Kier alpha value is -1.82. The van der Waals surface area contributed by atoms with Crippen molar-refractivity contribution in [1.82, 2.24) is 9.88 Å². The number of nitrogens with two attached hydrogens (primary N) is 1. The van der Waals surface area contributed by atoms with Crippen molar-refractivity contribution in [3.63, 3.8) is 0 Å². The zero-order chi connectivity index (χ0) is 12.3. The number of hydrogen-bond acceptors (Lipinski definition) is 4. The predicted molar refractivity (Wildman–Crippen MR) is 62.3 cm³/mol. The van der Waals surface area contributed by atoms with Crippen LogP contribution < -0.4 is 16.6 Å². The number of aromatic nitrogens is 1. The van der Waals surface area contributed by atoms with E-state index in [1.807, 2.05) is 0 Å². The Morgan fingerprint density at radius 1 is 1.75 bits per heavy atom. The van der Waals surface area contributed by atoms with Crippen LogP contribution in [0.3, 0.4) is 0 Å². The van der Waals surface area contributed by atoms with Gasteiger partial charge in [0.2, 0.25) is 5.95 Å². The second-order valence-electron chi connectivity index (χ2n) is 2.88. The summed E-state index contributed by atoms with van der Waals surface area (Å²) in [7, 11) is 1.33. The zero-order valence-electron chi connectivity index (χ0n) is 8.42. The molecule has 0 radical (unpaired) electrons. The monoisotopic (exact) mass is 244 g/mol. The molecule has 0 aliphatic rings. The molecular formula is C9H10ClFN4O. The molecule has 0 saturated heterocycles. The highest BCUT2D eigenvalue weighted by atomic mass is 35.5. The van der Waals surface area contributed by atoms with Crippen molar-refractivity contribution in [3.8, 4) is 0 Å². The van der Waals surface area contributed by atoms with Gasteiger partial charge in [0, 0.05) is 19.5 Å². The van der Waals surface area contributed by atoms with E-state index in [2.05, 4.69) is 5.32 Å². The molecule has 0 aromatic carbocycles. The summed E-state index contributed by atoms with van der Waals surface area (Å²) < 4.78 is 14.2. The van der Waals surface area contributed by atoms with E-state index in [1.54, 1.807) is 0 Å². The number of nitrogen functional groups attached to an aromatic ring is 1. The van der Waals surface area contributed by atoms with Crippen LogP contribution in [0.25, 0.3) is 5.70 Å². The second-order valence-corrected chi connectivity index (χ2v) is 3.32. The standard InChI is InChI=1S/C9H10ClFN4O/c1-14-8(11)7(3-12)15-4-5(10)2-6(13)9(15)16/h2-4,12,14H,13H2,1H3/b8-7+,12-3?. The number of rotatable bonds is 3. The summed E-state index contributed by atoms with van der Waals surface area (Å²) >= 11 is 5.69. The third kappa shape index (κ3) is 2.22. The van der Waals surface area contributed by atoms with Crippen molar-refractivity contribution >= 4 is 29.2 Å². The summed E-state index contributed by atoms with van der Waals surface area (Å²) in [5, 5.41) is 9.44. The van der Waals surface area contributed by atoms with Crippen molar-refractivity contribution in [3.05, 3.63) is 33.6 Å². The fourth-order valence-corrected chi connectivity index (χ4v) is 1.33. The lowest BCUT2D eigenvalue weighted by atomic mass is 10.3. The van der Waals surface area contributed by atoms with Crippen molar-refractivity contribution in [2.24, 2.45) is 0 Å². The van der Waals surface area contributed by atoms with Crippen molar-refractivity contribution in [2.75, 3.05) is 12.8 Å². The maximum absolute atomic E-state index is 13.3. The van der Waals surface area contributed by atoms with Crippen LogP contribution in [-0.2, 0) is 0 Å². The van der Waals surface area contributed by atoms with E-state index in [0.717, 1.165) is 4.57 Å². The van der Waals surface area contributed by atoms with Crippen molar-refractivity contribution < 1.29 is 4.39 Å². The molecular weight excluding hydrogens is 235 g/mol. The normalized spacial score (nSPS) is 11.9. The number of allylic oxidation sites excluding steroid dienone is 1. The highest BCUT2D eigenvalue weighted by Gasteiger charge is 2.10. The van der Waals surface area contributed by atoms with Gasteiger partial charge in [-0.2, -0.15) is 4.39 Å². The van der Waals surface area contributed by atoms with E-state index in [0.29, 0.717) is 6.21 Å². The topological polar surface area (TPSA) is 83.9 Å². The summed E-state index contributed by atoms with van der Waals surface area (Å²) in [6.45, 7) is 0. The van der Waals surface area contributed by atoms with Crippen LogP contribution in [0.1, 0.15) is 0 Å². The van der Waals surface area contributed by atoms with Gasteiger partial charge in [-0.15, -0.1) is 0 Å². The number of nitrogens with one attached hydrogen (secondary N) is 2. The minimum absolute atomic E-state index is 0.115. The van der Waals surface area contributed by atoms with Gasteiger partial charge in [-0.1, -0.05) is 11.6 Å². The van der Waals surface area contributed by atoms with Gasteiger partial charge >= 0.3 is 0 Å². The Bertz CT molecular complexity index is 509. The van der Waals surface area contributed by atoms with E-state index in [-0.39, 0.29) is 16.4 Å². The van der Waals surface area contributed by atoms with E-state index >= 15 is 0 Å². The summed E-state index contributed by atoms with van der Waals surface area (Å²) in [4.78, 5) is 11.6. The first-order valence-electron chi connectivity index (χ1n) is 4.27. The minimum atomic E-state index is -0.821. The maximum atomic E-state index is 13.3. The van der Waals surface area contributed by atoms with Crippen molar-refractivity contribution in [1.29, 1.82) is 5.41 Å². The van der Waals surface area contributed by atoms with Gasteiger partial charge in [-0.25, -0.2) is 0 Å². The maximum Gasteiger partial charge on any atom is 0.278 e. The number of halogens is 2. The lowest BCUT2D eigenvalue weighted by molar-refractivity contribution is 0.573. The Morgan fingerprint density at radius 2 is 2.38 bits per heavy atom. The molecule has 1 aromatic rings. The summed E-state index contributed by atoms with van der Waals surface area (Å²) in [6, 6.07) is 1.26. The molecule has 0 unspecified atom stereocenters. The van der Waals surface area contributed by atoms with Crippen LogP contribution in [0.2, 0.25) is 5.02 Å². The van der Waals surface area contributed by atoms with Crippen LogP contribution in [0.15, 0.2) is 23.0 Å². The second kappa shape index (κ2) is 4.80. The molecule has 7 heteroatoms. The number of anilines is 1. The molecule has 0 amide bonds. The molecule has 5 nitrogen and oxygen atoms in total. The number of nitrogens with zero attached hydrogens (tertiary/aromatic N) is 1. The fourth-order valence-electron chi connectivity index (χ4n) is 1.11. The van der Waals surface area contributed by atoms with Crippen LogP contribution >= 0.6 is 11.6 Å². The Labute approximate surface area is 95.8 Å². The van der Waals surface area contributed by atoms with E-state index in [9.17, 15) is 9.18 Å². The predicted octanol–water partition coefficient (Wildman–Crippen LogP) is 1.05. The molecule has 0 bridgehead atoms. The summed E-state index contributed by atoms with van der Waals surface area (Å²) in [5.41, 5.74) is 4.39. The van der Waals surface area contributed by atoms with Gasteiger partial charge in [-0.05, 0) is 6.07 Å². The smallest absolute Gasteiger partial charge is 0.278 e.